The summed E-state index contributed by atoms with van der Waals surface area (Å²) in [5, 5.41) is 10.1. The first-order valence-electron chi connectivity index (χ1n) is 8.26. The first-order chi connectivity index (χ1) is 11.0. The monoisotopic (exact) mass is 334 g/mol. The van der Waals surface area contributed by atoms with Crippen molar-refractivity contribution in [2.45, 2.75) is 44.8 Å². The number of halogens is 1. The van der Waals surface area contributed by atoms with Crippen LogP contribution in [0.5, 0.6) is 0 Å². The Morgan fingerprint density at radius 2 is 2.09 bits per heavy atom. The number of aliphatic hydroxyl groups is 1. The molecule has 1 N–H and O–H groups in total. The van der Waals surface area contributed by atoms with Gasteiger partial charge in [0.25, 0.3) is 0 Å². The highest BCUT2D eigenvalue weighted by Gasteiger charge is 2.57. The number of fused-ring (bicyclic) bond motifs is 1. The highest BCUT2D eigenvalue weighted by molar-refractivity contribution is 6.28. The summed E-state index contributed by atoms with van der Waals surface area (Å²) >= 11 is 5.91. The molecular weight excluding hydrogens is 314 g/mol. The fourth-order valence-electron chi connectivity index (χ4n) is 3.88. The van der Waals surface area contributed by atoms with Crippen LogP contribution >= 0.6 is 11.6 Å². The number of hydrogen-bond acceptors (Lipinski definition) is 4. The maximum absolute atomic E-state index is 12.5. The first kappa shape index (κ1) is 15.4. The third-order valence-electron chi connectivity index (χ3n) is 5.65. The lowest BCUT2D eigenvalue weighted by Crippen LogP contribution is -2.43. The molecule has 0 spiro atoms. The molecular formula is C18H21ClNO3. The van der Waals surface area contributed by atoms with Crippen LogP contribution in [0.3, 0.4) is 0 Å². The van der Waals surface area contributed by atoms with E-state index in [1.807, 2.05) is 13.0 Å². The van der Waals surface area contributed by atoms with Gasteiger partial charge >= 0.3 is 0 Å². The van der Waals surface area contributed by atoms with Crippen LogP contribution in [-0.2, 0) is 9.53 Å². The van der Waals surface area contributed by atoms with E-state index < -0.39 is 11.5 Å². The normalized spacial score (nSPS) is 37.4. The first-order valence-corrected chi connectivity index (χ1v) is 8.64. The molecule has 2 aliphatic heterocycles. The second kappa shape index (κ2) is 5.47. The number of piperidine rings is 1. The van der Waals surface area contributed by atoms with Gasteiger partial charge in [-0.1, -0.05) is 6.92 Å². The number of ether oxygens (including phenoxy) is 1. The molecule has 4 rings (SSSR count). The van der Waals surface area contributed by atoms with Gasteiger partial charge in [-0.15, -0.1) is 0 Å². The van der Waals surface area contributed by atoms with Crippen molar-refractivity contribution in [3.63, 3.8) is 0 Å². The summed E-state index contributed by atoms with van der Waals surface area (Å²) in [7, 11) is 0. The van der Waals surface area contributed by atoms with Gasteiger partial charge in [0.15, 0.2) is 5.22 Å². The zero-order valence-corrected chi connectivity index (χ0v) is 14.0. The van der Waals surface area contributed by atoms with E-state index in [4.69, 9.17) is 16.3 Å². The minimum absolute atomic E-state index is 0.185. The van der Waals surface area contributed by atoms with Crippen molar-refractivity contribution in [3.05, 3.63) is 40.7 Å². The lowest BCUT2D eigenvalue weighted by molar-refractivity contribution is -0.123. The van der Waals surface area contributed by atoms with Crippen molar-refractivity contribution in [3.8, 4) is 0 Å². The maximum Gasteiger partial charge on any atom is 0.193 e. The Morgan fingerprint density at radius 1 is 1.39 bits per heavy atom. The second-order valence-electron chi connectivity index (χ2n) is 7.12. The number of ketones is 1. The molecule has 3 atom stereocenters. The number of allylic oxidation sites excluding steroid dienone is 2. The summed E-state index contributed by atoms with van der Waals surface area (Å²) < 4.78 is 5.56. The maximum atomic E-state index is 12.5. The molecule has 4 aliphatic rings. The van der Waals surface area contributed by atoms with Gasteiger partial charge in [-0.2, -0.15) is 0 Å². The van der Waals surface area contributed by atoms with Crippen molar-refractivity contribution in [2.75, 3.05) is 13.1 Å². The molecule has 1 radical (unpaired) electrons. The van der Waals surface area contributed by atoms with Crippen LogP contribution in [0.2, 0.25) is 0 Å². The summed E-state index contributed by atoms with van der Waals surface area (Å²) in [5.41, 5.74) is 0.690. The van der Waals surface area contributed by atoms with Crippen LogP contribution in [0.4, 0.5) is 0 Å². The smallest absolute Gasteiger partial charge is 0.193 e. The number of Topliss-reactive ketones (excluding diaryl/α,β-unsaturated/α-hetero) is 1. The third-order valence-corrected chi connectivity index (χ3v) is 5.85. The summed E-state index contributed by atoms with van der Waals surface area (Å²) in [6.07, 6.45) is 8.65. The predicted molar refractivity (Wildman–Crippen MR) is 87.4 cm³/mol. The average Bonchev–Trinajstić information content (AvgIpc) is 2.98. The van der Waals surface area contributed by atoms with E-state index in [0.717, 1.165) is 44.0 Å². The lowest BCUT2D eigenvalue weighted by atomic mass is 9.84. The van der Waals surface area contributed by atoms with Gasteiger partial charge in [0, 0.05) is 17.5 Å². The second-order valence-corrected chi connectivity index (χ2v) is 7.49. The van der Waals surface area contributed by atoms with E-state index in [-0.39, 0.29) is 5.78 Å². The molecule has 23 heavy (non-hydrogen) atoms. The van der Waals surface area contributed by atoms with Crippen molar-refractivity contribution >= 4 is 17.4 Å². The summed E-state index contributed by atoms with van der Waals surface area (Å²) in [5.74, 6) is 2.06. The molecule has 0 amide bonds. The molecule has 0 aromatic carbocycles. The Hall–Kier alpha value is -1.10. The van der Waals surface area contributed by atoms with Gasteiger partial charge in [-0.25, -0.2) is 0 Å². The van der Waals surface area contributed by atoms with E-state index >= 15 is 0 Å². The van der Waals surface area contributed by atoms with E-state index in [9.17, 15) is 9.90 Å². The third kappa shape index (κ3) is 2.57. The number of carbonyl (C=O) groups is 1. The topological polar surface area (TPSA) is 49.8 Å². The number of carbonyl (C=O) groups excluding carboxylic acids is 1. The molecule has 3 unspecified atom stereocenters. The molecule has 0 bridgehead atoms. The van der Waals surface area contributed by atoms with Crippen LogP contribution in [-0.4, -0.2) is 41.0 Å². The lowest BCUT2D eigenvalue weighted by Gasteiger charge is -2.37. The zero-order valence-electron chi connectivity index (χ0n) is 13.2. The molecule has 2 aliphatic carbocycles. The molecule has 4 nitrogen and oxygen atoms in total. The van der Waals surface area contributed by atoms with Crippen LogP contribution in [0.25, 0.3) is 0 Å². The van der Waals surface area contributed by atoms with Crippen LogP contribution in [0, 0.1) is 11.3 Å². The number of rotatable bonds is 3. The summed E-state index contributed by atoms with van der Waals surface area (Å²) in [6, 6.07) is 0.324. The number of hydrogen-bond donors (Lipinski definition) is 1. The van der Waals surface area contributed by atoms with Gasteiger partial charge in [-0.3, -0.25) is 9.69 Å². The van der Waals surface area contributed by atoms with Crippen LogP contribution in [0.1, 0.15) is 32.6 Å². The molecule has 1 saturated carbocycles. The van der Waals surface area contributed by atoms with E-state index in [1.54, 1.807) is 6.08 Å². The Labute approximate surface area is 141 Å². The highest BCUT2D eigenvalue weighted by Crippen LogP contribution is 2.49. The minimum Gasteiger partial charge on any atom is -0.445 e. The number of aliphatic hydroxyl groups excluding tert-OH is 1. The zero-order chi connectivity index (χ0) is 16.2. The quantitative estimate of drug-likeness (QED) is 0.862. The molecule has 5 heteroatoms. The Balaban J connectivity index is 1.38. The van der Waals surface area contributed by atoms with Crippen molar-refractivity contribution < 1.29 is 14.6 Å². The van der Waals surface area contributed by atoms with E-state index in [1.165, 1.54) is 5.57 Å². The van der Waals surface area contributed by atoms with Crippen LogP contribution in [0.15, 0.2) is 34.8 Å². The molecule has 1 saturated heterocycles. The Kier molecular flexibility index (Phi) is 3.67. The predicted octanol–water partition coefficient (Wildman–Crippen LogP) is 2.69. The van der Waals surface area contributed by atoms with Gasteiger partial charge in [-0.05, 0) is 68.6 Å². The van der Waals surface area contributed by atoms with Crippen molar-refractivity contribution in [2.24, 2.45) is 5.41 Å². The summed E-state index contributed by atoms with van der Waals surface area (Å²) in [6.45, 7) is 3.65. The summed E-state index contributed by atoms with van der Waals surface area (Å²) in [4.78, 5) is 14.9. The van der Waals surface area contributed by atoms with Gasteiger partial charge in [0.05, 0.1) is 11.5 Å². The van der Waals surface area contributed by atoms with Gasteiger partial charge in [0.1, 0.15) is 11.5 Å². The molecule has 0 aromatic rings. The van der Waals surface area contributed by atoms with Gasteiger partial charge in [0.2, 0.25) is 0 Å². The minimum atomic E-state index is -0.499. The number of nitrogens with zero attached hydrogens (tertiary/aromatic N) is 1. The Morgan fingerprint density at radius 3 is 2.74 bits per heavy atom. The fraction of sp³-hybridized carbons (Fsp3) is 0.556. The van der Waals surface area contributed by atoms with Crippen molar-refractivity contribution in [1.29, 1.82) is 0 Å². The largest absolute Gasteiger partial charge is 0.445 e. The number of likely N-dealkylation sites (tertiary alicyclic amines) is 1. The SMILES string of the molecule is CC1(C(=O)[C]2CCN(C3CC=C4OC(Cl)=CC=C43)CC2)CC1O. The average molecular weight is 335 g/mol. The van der Waals surface area contributed by atoms with E-state index in [2.05, 4.69) is 11.0 Å². The fourth-order valence-corrected chi connectivity index (χ4v) is 4.03. The van der Waals surface area contributed by atoms with E-state index in [0.29, 0.717) is 17.7 Å². The van der Waals surface area contributed by atoms with Crippen LogP contribution < -0.4 is 0 Å². The van der Waals surface area contributed by atoms with Crippen molar-refractivity contribution in [1.82, 2.24) is 4.90 Å². The van der Waals surface area contributed by atoms with Gasteiger partial charge < -0.3 is 9.84 Å². The molecule has 2 fully saturated rings. The molecule has 0 aromatic heterocycles. The Bertz CT molecular complexity index is 630. The highest BCUT2D eigenvalue weighted by atomic mass is 35.5. The molecule has 2 heterocycles. The molecule has 123 valence electrons. The standard InChI is InChI=1S/C18H21ClNO3/c1-18(10-15(18)21)17(22)11-6-8-20(9-7-11)13-3-4-14-12(13)2-5-16(19)23-14/h2,4-5,13,15,21H,3,6-10H2,1H3.